The van der Waals surface area contributed by atoms with E-state index in [1.165, 1.54) is 10.7 Å². The van der Waals surface area contributed by atoms with Crippen LogP contribution in [0.1, 0.15) is 16.2 Å². The van der Waals surface area contributed by atoms with E-state index in [-0.39, 0.29) is 5.69 Å². The van der Waals surface area contributed by atoms with Crippen molar-refractivity contribution in [3.8, 4) is 5.69 Å². The Hall–Kier alpha value is -2.44. The maximum atomic E-state index is 12.5. The number of anilines is 1. The van der Waals surface area contributed by atoms with Crippen LogP contribution in [0.4, 0.5) is 5.69 Å². The maximum Gasteiger partial charge on any atom is 0.280 e. The number of carbonyl (C=O) groups excluding carboxylic acids is 1. The molecule has 0 saturated carbocycles. The number of amides is 1. The fourth-order valence-corrected chi connectivity index (χ4v) is 2.83. The Labute approximate surface area is 157 Å². The highest BCUT2D eigenvalue weighted by atomic mass is 79.9. The quantitative estimate of drug-likeness (QED) is 0.693. The van der Waals surface area contributed by atoms with E-state index in [1.807, 2.05) is 6.07 Å². The first-order valence-electron chi connectivity index (χ1n) is 7.38. The van der Waals surface area contributed by atoms with Gasteiger partial charge in [-0.05, 0) is 49.4 Å². The summed E-state index contributed by atoms with van der Waals surface area (Å²) in [5.74, 6) is -0.564. The van der Waals surface area contributed by atoms with E-state index >= 15 is 0 Å². The van der Waals surface area contributed by atoms with Crippen LogP contribution in [-0.4, -0.2) is 15.7 Å². The fraction of sp³-hybridized carbons (Fsp3) is 0.0556. The molecule has 2 aromatic carbocycles. The second kappa shape index (κ2) is 7.21. The smallest absolute Gasteiger partial charge is 0.280 e. The van der Waals surface area contributed by atoms with Gasteiger partial charge in [-0.25, -0.2) is 4.68 Å². The van der Waals surface area contributed by atoms with E-state index in [0.717, 1.165) is 4.47 Å². The van der Waals surface area contributed by atoms with E-state index in [0.29, 0.717) is 22.1 Å². The average Bonchev–Trinajstić information content (AvgIpc) is 2.56. The summed E-state index contributed by atoms with van der Waals surface area (Å²) in [7, 11) is 0. The number of rotatable bonds is 3. The van der Waals surface area contributed by atoms with Crippen LogP contribution < -0.4 is 10.7 Å². The lowest BCUT2D eigenvalue weighted by molar-refractivity contribution is 0.101. The lowest BCUT2D eigenvalue weighted by Crippen LogP contribution is -2.26. The zero-order chi connectivity index (χ0) is 18.0. The molecule has 5 nitrogen and oxygen atoms in total. The summed E-state index contributed by atoms with van der Waals surface area (Å²) in [6.07, 6.45) is 0. The summed E-state index contributed by atoms with van der Waals surface area (Å²) in [4.78, 5) is 24.7. The standard InChI is InChI=1S/C18H13BrClN3O2/c1-11-9-16(24)17(18(25)21-14-4-2-3-12(19)10-14)22-23(11)15-7-5-13(20)6-8-15/h2-10H,1H3,(H,21,25). The van der Waals surface area contributed by atoms with Crippen molar-refractivity contribution in [1.82, 2.24) is 9.78 Å². The molecule has 0 saturated heterocycles. The van der Waals surface area contributed by atoms with Gasteiger partial charge in [0, 0.05) is 26.9 Å². The van der Waals surface area contributed by atoms with E-state index in [4.69, 9.17) is 11.6 Å². The predicted molar refractivity (Wildman–Crippen MR) is 102 cm³/mol. The van der Waals surface area contributed by atoms with Crippen molar-refractivity contribution in [2.75, 3.05) is 5.32 Å². The van der Waals surface area contributed by atoms with Crippen LogP contribution in [0.25, 0.3) is 5.69 Å². The van der Waals surface area contributed by atoms with Crippen molar-refractivity contribution < 1.29 is 4.79 Å². The zero-order valence-corrected chi connectivity index (χ0v) is 15.5. The van der Waals surface area contributed by atoms with E-state index in [2.05, 4.69) is 26.3 Å². The van der Waals surface area contributed by atoms with Gasteiger partial charge in [0.05, 0.1) is 5.69 Å². The number of hydrogen-bond acceptors (Lipinski definition) is 3. The highest BCUT2D eigenvalue weighted by molar-refractivity contribution is 9.10. The second-order valence-electron chi connectivity index (χ2n) is 5.35. The van der Waals surface area contributed by atoms with Gasteiger partial charge >= 0.3 is 0 Å². The molecule has 0 aliphatic carbocycles. The minimum Gasteiger partial charge on any atom is -0.320 e. The first kappa shape index (κ1) is 17.4. The molecule has 1 amide bonds. The largest absolute Gasteiger partial charge is 0.320 e. The zero-order valence-electron chi connectivity index (χ0n) is 13.2. The van der Waals surface area contributed by atoms with Gasteiger partial charge < -0.3 is 5.32 Å². The molecule has 3 rings (SSSR count). The minimum atomic E-state index is -0.564. The van der Waals surface area contributed by atoms with Crippen molar-refractivity contribution in [3.63, 3.8) is 0 Å². The Balaban J connectivity index is 1.98. The van der Waals surface area contributed by atoms with Crippen LogP contribution in [-0.2, 0) is 0 Å². The van der Waals surface area contributed by atoms with Gasteiger partial charge in [0.1, 0.15) is 0 Å². The van der Waals surface area contributed by atoms with Crippen LogP contribution in [0.2, 0.25) is 5.02 Å². The van der Waals surface area contributed by atoms with E-state index in [1.54, 1.807) is 49.4 Å². The number of halogens is 2. The molecule has 25 heavy (non-hydrogen) atoms. The van der Waals surface area contributed by atoms with Crippen molar-refractivity contribution in [2.45, 2.75) is 6.92 Å². The molecular weight excluding hydrogens is 406 g/mol. The predicted octanol–water partition coefficient (Wildman–Crippen LogP) is 4.21. The minimum absolute atomic E-state index is 0.180. The SMILES string of the molecule is Cc1cc(=O)c(C(=O)Nc2cccc(Br)c2)nn1-c1ccc(Cl)cc1. The van der Waals surface area contributed by atoms with Crippen LogP contribution in [0.5, 0.6) is 0 Å². The number of carbonyl (C=O) groups is 1. The van der Waals surface area contributed by atoms with Gasteiger partial charge in [-0.1, -0.05) is 33.6 Å². The Morgan fingerprint density at radius 1 is 1.16 bits per heavy atom. The molecule has 0 aliphatic rings. The van der Waals surface area contributed by atoms with Gasteiger partial charge in [-0.15, -0.1) is 0 Å². The average molecular weight is 419 g/mol. The number of nitrogens with zero attached hydrogens (tertiary/aromatic N) is 2. The molecule has 7 heteroatoms. The molecule has 0 unspecified atom stereocenters. The van der Waals surface area contributed by atoms with Crippen molar-refractivity contribution in [2.24, 2.45) is 0 Å². The Kier molecular flexibility index (Phi) is 5.01. The summed E-state index contributed by atoms with van der Waals surface area (Å²) in [5, 5.41) is 7.50. The number of aryl methyl sites for hydroxylation is 1. The Morgan fingerprint density at radius 2 is 1.88 bits per heavy atom. The van der Waals surface area contributed by atoms with Crippen molar-refractivity contribution in [1.29, 1.82) is 0 Å². The highest BCUT2D eigenvalue weighted by Gasteiger charge is 2.15. The molecule has 0 radical (unpaired) electrons. The van der Waals surface area contributed by atoms with Gasteiger partial charge in [0.25, 0.3) is 5.91 Å². The number of nitrogens with one attached hydrogen (secondary N) is 1. The lowest BCUT2D eigenvalue weighted by atomic mass is 10.2. The first-order valence-corrected chi connectivity index (χ1v) is 8.55. The van der Waals surface area contributed by atoms with E-state index in [9.17, 15) is 9.59 Å². The highest BCUT2D eigenvalue weighted by Crippen LogP contribution is 2.17. The second-order valence-corrected chi connectivity index (χ2v) is 6.70. The topological polar surface area (TPSA) is 64.0 Å². The Bertz CT molecular complexity index is 1000. The molecule has 126 valence electrons. The monoisotopic (exact) mass is 417 g/mol. The van der Waals surface area contributed by atoms with Crippen molar-refractivity contribution >= 4 is 39.1 Å². The third-order valence-corrected chi connectivity index (χ3v) is 4.22. The molecule has 1 heterocycles. The third kappa shape index (κ3) is 3.97. The number of aromatic nitrogens is 2. The summed E-state index contributed by atoms with van der Waals surface area (Å²) in [5.41, 5.74) is 1.28. The van der Waals surface area contributed by atoms with E-state index < -0.39 is 11.3 Å². The van der Waals surface area contributed by atoms with Crippen LogP contribution in [0, 0.1) is 6.92 Å². The summed E-state index contributed by atoms with van der Waals surface area (Å²) < 4.78 is 2.36. The van der Waals surface area contributed by atoms with Crippen LogP contribution in [0.3, 0.4) is 0 Å². The van der Waals surface area contributed by atoms with Gasteiger partial charge in [0.2, 0.25) is 5.43 Å². The number of hydrogen-bond donors (Lipinski definition) is 1. The normalized spacial score (nSPS) is 10.5. The molecule has 0 atom stereocenters. The molecular formula is C18H13BrClN3O2. The first-order chi connectivity index (χ1) is 11.9. The van der Waals surface area contributed by atoms with Gasteiger partial charge in [-0.3, -0.25) is 9.59 Å². The van der Waals surface area contributed by atoms with Gasteiger partial charge in [-0.2, -0.15) is 5.10 Å². The lowest BCUT2D eigenvalue weighted by Gasteiger charge is -2.11. The van der Waals surface area contributed by atoms with Crippen LogP contribution in [0.15, 0.2) is 63.9 Å². The molecule has 0 spiro atoms. The molecule has 1 aromatic heterocycles. The summed E-state index contributed by atoms with van der Waals surface area (Å²) in [6.45, 7) is 1.75. The molecule has 3 aromatic rings. The summed E-state index contributed by atoms with van der Waals surface area (Å²) in [6, 6.07) is 15.5. The fourth-order valence-electron chi connectivity index (χ4n) is 2.30. The Morgan fingerprint density at radius 3 is 2.56 bits per heavy atom. The van der Waals surface area contributed by atoms with Gasteiger partial charge in [0.15, 0.2) is 5.69 Å². The van der Waals surface area contributed by atoms with Crippen LogP contribution >= 0.6 is 27.5 Å². The molecule has 0 aliphatic heterocycles. The maximum absolute atomic E-state index is 12.5. The molecule has 0 fully saturated rings. The molecule has 0 bridgehead atoms. The van der Waals surface area contributed by atoms with Crippen molar-refractivity contribution in [3.05, 3.63) is 85.7 Å². The summed E-state index contributed by atoms with van der Waals surface area (Å²) >= 11 is 9.24. The molecule has 1 N–H and O–H groups in total. The number of benzene rings is 2. The third-order valence-electron chi connectivity index (χ3n) is 3.48.